The monoisotopic (exact) mass is 202 g/mol. The quantitative estimate of drug-likeness (QED) is 0.515. The second-order valence-corrected chi connectivity index (χ2v) is 2.67. The van der Waals surface area contributed by atoms with E-state index in [9.17, 15) is 9.59 Å². The van der Waals surface area contributed by atoms with Gasteiger partial charge in [-0.25, -0.2) is 9.59 Å². The minimum Gasteiger partial charge on any atom is -0.386 e. The predicted octanol–water partition coefficient (Wildman–Crippen LogP) is 1.87. The SMILES string of the molecule is C=CC1=CC(=O)OC1=O.c1ccccc1. The van der Waals surface area contributed by atoms with Gasteiger partial charge < -0.3 is 4.74 Å². The summed E-state index contributed by atoms with van der Waals surface area (Å²) >= 11 is 0. The molecule has 3 heteroatoms. The van der Waals surface area contributed by atoms with Gasteiger partial charge in [0.25, 0.3) is 0 Å². The van der Waals surface area contributed by atoms with E-state index in [2.05, 4.69) is 11.3 Å². The Hall–Kier alpha value is -2.16. The molecule has 0 atom stereocenters. The third-order valence-corrected chi connectivity index (χ3v) is 1.59. The molecule has 0 fully saturated rings. The van der Waals surface area contributed by atoms with Crippen LogP contribution in [0.1, 0.15) is 0 Å². The first kappa shape index (κ1) is 10.9. The van der Waals surface area contributed by atoms with Crippen LogP contribution >= 0.6 is 0 Å². The molecule has 2 rings (SSSR count). The first-order valence-corrected chi connectivity index (χ1v) is 4.34. The van der Waals surface area contributed by atoms with Crippen LogP contribution in [0.5, 0.6) is 0 Å². The number of ether oxygens (including phenoxy) is 1. The smallest absolute Gasteiger partial charge is 0.346 e. The molecule has 0 saturated carbocycles. The highest BCUT2D eigenvalue weighted by molar-refractivity contribution is 6.10. The Labute approximate surface area is 87.7 Å². The van der Waals surface area contributed by atoms with Crippen molar-refractivity contribution in [3.8, 4) is 0 Å². The third-order valence-electron chi connectivity index (χ3n) is 1.59. The Morgan fingerprint density at radius 2 is 1.47 bits per heavy atom. The Balaban J connectivity index is 0.000000162. The minimum absolute atomic E-state index is 0.222. The van der Waals surface area contributed by atoms with Crippen molar-refractivity contribution in [3.63, 3.8) is 0 Å². The summed E-state index contributed by atoms with van der Waals surface area (Å²) < 4.78 is 4.12. The lowest BCUT2D eigenvalue weighted by molar-refractivity contribution is -0.150. The summed E-state index contributed by atoms with van der Waals surface area (Å²) in [5, 5.41) is 0. The van der Waals surface area contributed by atoms with E-state index in [-0.39, 0.29) is 5.57 Å². The summed E-state index contributed by atoms with van der Waals surface area (Å²) in [6.45, 7) is 3.31. The third kappa shape index (κ3) is 3.60. The average Bonchev–Trinajstić information content (AvgIpc) is 2.60. The zero-order valence-electron chi connectivity index (χ0n) is 8.05. The Kier molecular flexibility index (Phi) is 4.04. The molecule has 0 bridgehead atoms. The molecule has 0 N–H and O–H groups in total. The zero-order valence-corrected chi connectivity index (χ0v) is 8.05. The van der Waals surface area contributed by atoms with Crippen molar-refractivity contribution in [1.82, 2.24) is 0 Å². The lowest BCUT2D eigenvalue weighted by atomic mass is 10.3. The summed E-state index contributed by atoms with van der Waals surface area (Å²) in [6.07, 6.45) is 2.39. The molecule has 0 aliphatic carbocycles. The fraction of sp³-hybridized carbons (Fsp3) is 0. The first-order valence-electron chi connectivity index (χ1n) is 4.34. The largest absolute Gasteiger partial charge is 0.386 e. The van der Waals surface area contributed by atoms with E-state index in [1.807, 2.05) is 36.4 Å². The van der Waals surface area contributed by atoms with Gasteiger partial charge in [0.05, 0.1) is 5.57 Å². The lowest BCUT2D eigenvalue weighted by Gasteiger charge is -1.85. The second kappa shape index (κ2) is 5.54. The van der Waals surface area contributed by atoms with Gasteiger partial charge in [-0.05, 0) is 0 Å². The van der Waals surface area contributed by atoms with Crippen LogP contribution in [-0.4, -0.2) is 11.9 Å². The number of cyclic esters (lactones) is 2. The Bertz CT molecular complexity index is 364. The number of carbonyl (C=O) groups is 2. The van der Waals surface area contributed by atoms with E-state index < -0.39 is 11.9 Å². The zero-order chi connectivity index (χ0) is 11.1. The number of esters is 2. The topological polar surface area (TPSA) is 43.4 Å². The Morgan fingerprint density at radius 3 is 1.67 bits per heavy atom. The van der Waals surface area contributed by atoms with E-state index in [1.54, 1.807) is 0 Å². The molecule has 0 unspecified atom stereocenters. The molecular formula is C12H10O3. The fourth-order valence-corrected chi connectivity index (χ4v) is 0.893. The van der Waals surface area contributed by atoms with Crippen molar-refractivity contribution >= 4 is 11.9 Å². The van der Waals surface area contributed by atoms with Crippen LogP contribution in [0.2, 0.25) is 0 Å². The van der Waals surface area contributed by atoms with Crippen molar-refractivity contribution in [3.05, 3.63) is 60.7 Å². The Morgan fingerprint density at radius 1 is 1.00 bits per heavy atom. The molecule has 15 heavy (non-hydrogen) atoms. The van der Waals surface area contributed by atoms with Crippen molar-refractivity contribution in [2.24, 2.45) is 0 Å². The maximum absolute atomic E-state index is 10.4. The van der Waals surface area contributed by atoms with Crippen molar-refractivity contribution in [1.29, 1.82) is 0 Å². The van der Waals surface area contributed by atoms with Gasteiger partial charge in [-0.1, -0.05) is 49.1 Å². The molecule has 0 amide bonds. The summed E-state index contributed by atoms with van der Waals surface area (Å²) in [5.74, 6) is -1.23. The van der Waals surface area contributed by atoms with Crippen LogP contribution in [0.3, 0.4) is 0 Å². The van der Waals surface area contributed by atoms with E-state index in [0.29, 0.717) is 0 Å². The molecule has 0 saturated heterocycles. The summed E-state index contributed by atoms with van der Waals surface area (Å²) in [4.78, 5) is 20.7. The van der Waals surface area contributed by atoms with Crippen LogP contribution in [0.25, 0.3) is 0 Å². The number of rotatable bonds is 1. The summed E-state index contributed by atoms with van der Waals surface area (Å²) in [7, 11) is 0. The van der Waals surface area contributed by atoms with Gasteiger partial charge in [0, 0.05) is 6.08 Å². The summed E-state index contributed by atoms with van der Waals surface area (Å²) in [5.41, 5.74) is 0.222. The number of hydrogen-bond acceptors (Lipinski definition) is 3. The van der Waals surface area contributed by atoms with Gasteiger partial charge in [0.15, 0.2) is 0 Å². The van der Waals surface area contributed by atoms with Crippen molar-refractivity contribution in [2.75, 3.05) is 0 Å². The van der Waals surface area contributed by atoms with Gasteiger partial charge in [-0.3, -0.25) is 0 Å². The van der Waals surface area contributed by atoms with Crippen molar-refractivity contribution < 1.29 is 14.3 Å². The molecule has 0 aromatic heterocycles. The fourth-order valence-electron chi connectivity index (χ4n) is 0.893. The van der Waals surface area contributed by atoms with Crippen LogP contribution in [0.4, 0.5) is 0 Å². The van der Waals surface area contributed by atoms with Gasteiger partial charge in [0.1, 0.15) is 0 Å². The maximum Gasteiger partial charge on any atom is 0.346 e. The normalized spacial score (nSPS) is 13.5. The van der Waals surface area contributed by atoms with Crippen LogP contribution in [0, 0.1) is 0 Å². The van der Waals surface area contributed by atoms with E-state index in [1.165, 1.54) is 6.08 Å². The van der Waals surface area contributed by atoms with Crippen molar-refractivity contribution in [2.45, 2.75) is 0 Å². The molecule has 1 aromatic carbocycles. The maximum atomic E-state index is 10.4. The molecule has 0 radical (unpaired) electrons. The molecule has 1 aliphatic rings. The lowest BCUT2D eigenvalue weighted by Crippen LogP contribution is -1.99. The molecule has 0 spiro atoms. The standard InChI is InChI=1S/C6H4O3.C6H6/c1-2-4-3-5(7)9-6(4)8;1-2-4-6-5-3-1/h2-3H,1H2;1-6H. The predicted molar refractivity (Wildman–Crippen MR) is 55.8 cm³/mol. The molecule has 1 aliphatic heterocycles. The first-order chi connectivity index (χ1) is 7.24. The minimum atomic E-state index is -0.616. The molecule has 3 nitrogen and oxygen atoms in total. The second-order valence-electron chi connectivity index (χ2n) is 2.67. The van der Waals surface area contributed by atoms with E-state index >= 15 is 0 Å². The highest BCUT2D eigenvalue weighted by Crippen LogP contribution is 2.07. The number of hydrogen-bond donors (Lipinski definition) is 0. The van der Waals surface area contributed by atoms with Gasteiger partial charge in [-0.2, -0.15) is 0 Å². The molecule has 1 heterocycles. The van der Waals surface area contributed by atoms with Crippen LogP contribution in [-0.2, 0) is 14.3 Å². The number of benzene rings is 1. The molecule has 1 aromatic rings. The highest BCUT2D eigenvalue weighted by Gasteiger charge is 2.20. The van der Waals surface area contributed by atoms with Crippen LogP contribution in [0.15, 0.2) is 60.7 Å². The average molecular weight is 202 g/mol. The number of carbonyl (C=O) groups excluding carboxylic acids is 2. The van der Waals surface area contributed by atoms with E-state index in [4.69, 9.17) is 0 Å². The molecular weight excluding hydrogens is 192 g/mol. The van der Waals surface area contributed by atoms with Crippen LogP contribution < -0.4 is 0 Å². The van der Waals surface area contributed by atoms with Gasteiger partial charge in [0.2, 0.25) is 0 Å². The molecule has 76 valence electrons. The van der Waals surface area contributed by atoms with Gasteiger partial charge >= 0.3 is 11.9 Å². The highest BCUT2D eigenvalue weighted by atomic mass is 16.6. The summed E-state index contributed by atoms with van der Waals surface area (Å²) in [6, 6.07) is 12.0. The van der Waals surface area contributed by atoms with E-state index in [0.717, 1.165) is 6.08 Å². The van der Waals surface area contributed by atoms with Gasteiger partial charge in [-0.15, -0.1) is 0 Å².